The Hall–Kier alpha value is -1.84. The summed E-state index contributed by atoms with van der Waals surface area (Å²) in [5.41, 5.74) is -0.0868. The van der Waals surface area contributed by atoms with E-state index in [1.165, 1.54) is 0 Å². The van der Waals surface area contributed by atoms with Gasteiger partial charge in [0.25, 0.3) is 0 Å². The standard InChI is InChI=1S/C16H21NO3/c1-12(2)20-15(19)17-16(11-7-6-10-14(16)18)13-8-4-3-5-9-13/h3-5,8-9,12H,6-7,10-11H2,1-2H3,(H,17,19). The van der Waals surface area contributed by atoms with Crippen LogP contribution in [0.3, 0.4) is 0 Å². The number of rotatable bonds is 3. The molecule has 1 aliphatic rings. The molecule has 1 aromatic rings. The maximum absolute atomic E-state index is 12.5. The van der Waals surface area contributed by atoms with Gasteiger partial charge in [-0.15, -0.1) is 0 Å². The largest absolute Gasteiger partial charge is 0.447 e. The molecule has 1 atom stereocenters. The Kier molecular flexibility index (Phi) is 4.42. The molecule has 1 N–H and O–H groups in total. The van der Waals surface area contributed by atoms with Crippen LogP contribution >= 0.6 is 0 Å². The van der Waals surface area contributed by atoms with Crippen molar-refractivity contribution in [1.29, 1.82) is 0 Å². The summed E-state index contributed by atoms with van der Waals surface area (Å²) in [7, 11) is 0. The highest BCUT2D eigenvalue weighted by Crippen LogP contribution is 2.34. The van der Waals surface area contributed by atoms with E-state index < -0.39 is 11.6 Å². The topological polar surface area (TPSA) is 55.4 Å². The van der Waals surface area contributed by atoms with E-state index in [9.17, 15) is 9.59 Å². The Bertz CT molecular complexity index is 484. The fraction of sp³-hybridized carbons (Fsp3) is 0.500. The second kappa shape index (κ2) is 6.07. The van der Waals surface area contributed by atoms with Crippen molar-refractivity contribution in [3.05, 3.63) is 35.9 Å². The summed E-state index contributed by atoms with van der Waals surface area (Å²) in [6.07, 6.45) is 2.19. The van der Waals surface area contributed by atoms with Gasteiger partial charge < -0.3 is 10.1 Å². The van der Waals surface area contributed by atoms with E-state index in [2.05, 4.69) is 5.32 Å². The quantitative estimate of drug-likeness (QED) is 0.922. The molecular formula is C16H21NO3. The highest BCUT2D eigenvalue weighted by atomic mass is 16.6. The number of alkyl carbamates (subject to hydrolysis) is 1. The summed E-state index contributed by atoms with van der Waals surface area (Å²) in [4.78, 5) is 24.4. The minimum atomic E-state index is -0.925. The van der Waals surface area contributed by atoms with Crippen LogP contribution in [0.5, 0.6) is 0 Å². The normalized spacial score (nSPS) is 22.6. The third-order valence-corrected chi connectivity index (χ3v) is 3.61. The number of hydrogen-bond donors (Lipinski definition) is 1. The monoisotopic (exact) mass is 275 g/mol. The molecule has 20 heavy (non-hydrogen) atoms. The molecule has 1 unspecified atom stereocenters. The molecule has 1 saturated carbocycles. The SMILES string of the molecule is CC(C)OC(=O)NC1(c2ccccc2)CCCCC1=O. The lowest BCUT2D eigenvalue weighted by Crippen LogP contribution is -2.53. The van der Waals surface area contributed by atoms with Gasteiger partial charge in [-0.25, -0.2) is 4.79 Å². The molecule has 2 rings (SSSR count). The van der Waals surface area contributed by atoms with Gasteiger partial charge in [-0.05, 0) is 38.7 Å². The van der Waals surface area contributed by atoms with E-state index in [0.717, 1.165) is 18.4 Å². The summed E-state index contributed by atoms with van der Waals surface area (Å²) in [6.45, 7) is 3.58. The summed E-state index contributed by atoms with van der Waals surface area (Å²) >= 11 is 0. The Morgan fingerprint density at radius 3 is 2.55 bits per heavy atom. The summed E-state index contributed by atoms with van der Waals surface area (Å²) in [6, 6.07) is 9.44. The average Bonchev–Trinajstić information content (AvgIpc) is 2.41. The molecule has 0 bridgehead atoms. The van der Waals surface area contributed by atoms with Gasteiger partial charge in [-0.1, -0.05) is 30.3 Å². The molecule has 1 aliphatic carbocycles. The van der Waals surface area contributed by atoms with Crippen molar-refractivity contribution in [2.45, 2.75) is 51.2 Å². The zero-order valence-corrected chi connectivity index (χ0v) is 12.0. The van der Waals surface area contributed by atoms with Gasteiger partial charge in [0.05, 0.1) is 6.10 Å². The fourth-order valence-electron chi connectivity index (χ4n) is 2.68. The predicted molar refractivity (Wildman–Crippen MR) is 76.3 cm³/mol. The summed E-state index contributed by atoms with van der Waals surface area (Å²) < 4.78 is 5.15. The number of ketones is 1. The number of amides is 1. The zero-order valence-electron chi connectivity index (χ0n) is 12.0. The van der Waals surface area contributed by atoms with Crippen LogP contribution in [-0.2, 0) is 15.1 Å². The molecule has 108 valence electrons. The molecule has 4 nitrogen and oxygen atoms in total. The maximum atomic E-state index is 12.5. The third-order valence-electron chi connectivity index (χ3n) is 3.61. The van der Waals surface area contributed by atoms with E-state index in [0.29, 0.717) is 12.8 Å². The first-order valence-corrected chi connectivity index (χ1v) is 7.12. The van der Waals surface area contributed by atoms with Crippen molar-refractivity contribution in [1.82, 2.24) is 5.32 Å². The van der Waals surface area contributed by atoms with Crippen LogP contribution in [0, 0.1) is 0 Å². The van der Waals surface area contributed by atoms with Gasteiger partial charge >= 0.3 is 6.09 Å². The van der Waals surface area contributed by atoms with E-state index in [4.69, 9.17) is 4.74 Å². The Morgan fingerprint density at radius 1 is 1.25 bits per heavy atom. The first kappa shape index (κ1) is 14.6. The van der Waals surface area contributed by atoms with E-state index >= 15 is 0 Å². The number of nitrogens with one attached hydrogen (secondary N) is 1. The van der Waals surface area contributed by atoms with E-state index in [1.807, 2.05) is 30.3 Å². The molecule has 0 aromatic heterocycles. The van der Waals surface area contributed by atoms with Crippen molar-refractivity contribution < 1.29 is 14.3 Å². The summed E-state index contributed by atoms with van der Waals surface area (Å²) in [5.74, 6) is 0.0654. The van der Waals surface area contributed by atoms with E-state index in [1.54, 1.807) is 13.8 Å². The molecule has 0 spiro atoms. The number of hydrogen-bond acceptors (Lipinski definition) is 3. The number of ether oxygens (including phenoxy) is 1. The lowest BCUT2D eigenvalue weighted by atomic mass is 9.75. The van der Waals surface area contributed by atoms with Gasteiger partial charge in [-0.3, -0.25) is 4.79 Å². The van der Waals surface area contributed by atoms with E-state index in [-0.39, 0.29) is 11.9 Å². The Morgan fingerprint density at radius 2 is 1.95 bits per heavy atom. The van der Waals surface area contributed by atoms with Crippen LogP contribution < -0.4 is 5.32 Å². The molecule has 1 aromatic carbocycles. The first-order valence-electron chi connectivity index (χ1n) is 7.12. The Labute approximate surface area is 119 Å². The van der Waals surface area contributed by atoms with Crippen molar-refractivity contribution in [3.8, 4) is 0 Å². The number of Topliss-reactive ketones (excluding diaryl/α,β-unsaturated/α-hetero) is 1. The molecular weight excluding hydrogens is 254 g/mol. The van der Waals surface area contributed by atoms with Gasteiger partial charge in [0.15, 0.2) is 5.78 Å². The molecule has 1 fully saturated rings. The lowest BCUT2D eigenvalue weighted by Gasteiger charge is -2.36. The van der Waals surface area contributed by atoms with Crippen molar-refractivity contribution in [2.24, 2.45) is 0 Å². The zero-order chi connectivity index (χ0) is 14.6. The predicted octanol–water partition coefficient (Wildman–Crippen LogP) is 3.16. The molecule has 0 aliphatic heterocycles. The minimum absolute atomic E-state index is 0.0654. The van der Waals surface area contributed by atoms with Crippen molar-refractivity contribution in [2.75, 3.05) is 0 Å². The maximum Gasteiger partial charge on any atom is 0.408 e. The van der Waals surface area contributed by atoms with Gasteiger partial charge in [0.2, 0.25) is 0 Å². The Balaban J connectivity index is 2.30. The van der Waals surface area contributed by atoms with Gasteiger partial charge in [0, 0.05) is 6.42 Å². The number of benzene rings is 1. The molecule has 1 amide bonds. The fourth-order valence-corrected chi connectivity index (χ4v) is 2.68. The minimum Gasteiger partial charge on any atom is -0.447 e. The second-order valence-electron chi connectivity index (χ2n) is 5.48. The lowest BCUT2D eigenvalue weighted by molar-refractivity contribution is -0.127. The smallest absolute Gasteiger partial charge is 0.408 e. The molecule has 4 heteroatoms. The van der Waals surface area contributed by atoms with Gasteiger partial charge in [0.1, 0.15) is 5.54 Å². The number of carbonyl (C=O) groups is 2. The van der Waals surface area contributed by atoms with Crippen LogP contribution in [0.15, 0.2) is 30.3 Å². The third kappa shape index (κ3) is 3.00. The molecule has 0 radical (unpaired) electrons. The second-order valence-corrected chi connectivity index (χ2v) is 5.48. The van der Waals surface area contributed by atoms with Crippen LogP contribution in [0.25, 0.3) is 0 Å². The summed E-state index contributed by atoms with van der Waals surface area (Å²) in [5, 5.41) is 2.82. The van der Waals surface area contributed by atoms with Gasteiger partial charge in [-0.2, -0.15) is 0 Å². The van der Waals surface area contributed by atoms with Crippen molar-refractivity contribution in [3.63, 3.8) is 0 Å². The van der Waals surface area contributed by atoms with Crippen LogP contribution in [0.1, 0.15) is 45.1 Å². The van der Waals surface area contributed by atoms with Crippen LogP contribution in [-0.4, -0.2) is 18.0 Å². The molecule has 0 saturated heterocycles. The van der Waals surface area contributed by atoms with Crippen LogP contribution in [0.2, 0.25) is 0 Å². The molecule has 0 heterocycles. The highest BCUT2D eigenvalue weighted by molar-refractivity contribution is 5.93. The van der Waals surface area contributed by atoms with Crippen molar-refractivity contribution >= 4 is 11.9 Å². The van der Waals surface area contributed by atoms with Crippen LogP contribution in [0.4, 0.5) is 4.79 Å². The first-order chi connectivity index (χ1) is 9.54. The average molecular weight is 275 g/mol. The number of carbonyl (C=O) groups excluding carboxylic acids is 2. The highest BCUT2D eigenvalue weighted by Gasteiger charge is 2.43.